The normalized spacial score (nSPS) is 12.7. The van der Waals surface area contributed by atoms with Crippen molar-refractivity contribution in [2.24, 2.45) is 0 Å². The van der Waals surface area contributed by atoms with Gasteiger partial charge in [-0.3, -0.25) is 4.79 Å². The molecule has 3 rings (SSSR count). The molecule has 4 heteroatoms. The molecule has 0 spiro atoms. The second kappa shape index (κ2) is 5.55. The molecular formula is C16H14ClNO2. The van der Waals surface area contributed by atoms with Gasteiger partial charge in [0.15, 0.2) is 0 Å². The molecule has 1 heterocycles. The third-order valence-corrected chi connectivity index (χ3v) is 3.46. The topological polar surface area (TPSA) is 38.3 Å². The van der Waals surface area contributed by atoms with Crippen LogP contribution in [0.2, 0.25) is 5.02 Å². The first-order chi connectivity index (χ1) is 9.70. The SMILES string of the molecule is O=C(Cc1ccc2c(c1)CCO2)Nc1cccc(Cl)c1. The monoisotopic (exact) mass is 287 g/mol. The zero-order chi connectivity index (χ0) is 13.9. The number of hydrogen-bond donors (Lipinski definition) is 1. The maximum atomic E-state index is 12.0. The zero-order valence-electron chi connectivity index (χ0n) is 10.9. The molecule has 0 atom stereocenters. The smallest absolute Gasteiger partial charge is 0.228 e. The summed E-state index contributed by atoms with van der Waals surface area (Å²) in [5.41, 5.74) is 2.89. The van der Waals surface area contributed by atoms with E-state index in [1.165, 1.54) is 5.56 Å². The minimum atomic E-state index is -0.0499. The van der Waals surface area contributed by atoms with E-state index in [1.807, 2.05) is 30.3 Å². The van der Waals surface area contributed by atoms with Crippen molar-refractivity contribution in [3.05, 3.63) is 58.6 Å². The predicted molar refractivity (Wildman–Crippen MR) is 79.4 cm³/mol. The van der Waals surface area contributed by atoms with E-state index in [0.717, 1.165) is 24.3 Å². The van der Waals surface area contributed by atoms with Crippen LogP contribution in [0.1, 0.15) is 11.1 Å². The molecule has 1 N–H and O–H groups in total. The Hall–Kier alpha value is -2.00. The van der Waals surface area contributed by atoms with Crippen molar-refractivity contribution in [2.45, 2.75) is 12.8 Å². The van der Waals surface area contributed by atoms with Crippen LogP contribution in [0.4, 0.5) is 5.69 Å². The summed E-state index contributed by atoms with van der Waals surface area (Å²) in [7, 11) is 0. The highest BCUT2D eigenvalue weighted by molar-refractivity contribution is 6.30. The minimum Gasteiger partial charge on any atom is -0.493 e. The highest BCUT2D eigenvalue weighted by Gasteiger charge is 2.13. The lowest BCUT2D eigenvalue weighted by Crippen LogP contribution is -2.14. The summed E-state index contributed by atoms with van der Waals surface area (Å²) in [5, 5.41) is 3.45. The molecule has 0 aromatic heterocycles. The van der Waals surface area contributed by atoms with Crippen LogP contribution >= 0.6 is 11.6 Å². The summed E-state index contributed by atoms with van der Waals surface area (Å²) < 4.78 is 5.45. The van der Waals surface area contributed by atoms with Crippen molar-refractivity contribution in [1.29, 1.82) is 0 Å². The largest absolute Gasteiger partial charge is 0.493 e. The highest BCUT2D eigenvalue weighted by Crippen LogP contribution is 2.26. The number of benzene rings is 2. The van der Waals surface area contributed by atoms with Gasteiger partial charge in [0.05, 0.1) is 13.0 Å². The van der Waals surface area contributed by atoms with Crippen molar-refractivity contribution < 1.29 is 9.53 Å². The molecule has 0 bridgehead atoms. The fourth-order valence-electron chi connectivity index (χ4n) is 2.31. The molecule has 2 aromatic carbocycles. The summed E-state index contributed by atoms with van der Waals surface area (Å²) >= 11 is 5.89. The van der Waals surface area contributed by atoms with Crippen LogP contribution in [-0.4, -0.2) is 12.5 Å². The molecule has 0 saturated heterocycles. The molecule has 0 radical (unpaired) electrons. The first kappa shape index (κ1) is 13.0. The first-order valence-electron chi connectivity index (χ1n) is 6.51. The van der Waals surface area contributed by atoms with E-state index in [0.29, 0.717) is 17.1 Å². The van der Waals surface area contributed by atoms with Gasteiger partial charge in [-0.1, -0.05) is 29.8 Å². The number of rotatable bonds is 3. The predicted octanol–water partition coefficient (Wildman–Crippen LogP) is 3.46. The fourth-order valence-corrected chi connectivity index (χ4v) is 2.50. The third-order valence-electron chi connectivity index (χ3n) is 3.23. The van der Waals surface area contributed by atoms with Gasteiger partial charge in [0.25, 0.3) is 0 Å². The summed E-state index contributed by atoms with van der Waals surface area (Å²) in [6.45, 7) is 0.730. The van der Waals surface area contributed by atoms with Crippen molar-refractivity contribution >= 4 is 23.2 Å². The van der Waals surface area contributed by atoms with Gasteiger partial charge in [0.1, 0.15) is 5.75 Å². The zero-order valence-corrected chi connectivity index (χ0v) is 11.6. The van der Waals surface area contributed by atoms with E-state index in [2.05, 4.69) is 5.32 Å². The molecule has 1 amide bonds. The molecule has 0 fully saturated rings. The van der Waals surface area contributed by atoms with Gasteiger partial charge in [0, 0.05) is 17.1 Å². The quantitative estimate of drug-likeness (QED) is 0.939. The second-order valence-corrected chi connectivity index (χ2v) is 5.21. The van der Waals surface area contributed by atoms with Gasteiger partial charge in [-0.05, 0) is 35.4 Å². The molecule has 1 aliphatic heterocycles. The Morgan fingerprint density at radius 2 is 2.15 bits per heavy atom. The van der Waals surface area contributed by atoms with Crippen molar-refractivity contribution in [3.63, 3.8) is 0 Å². The van der Waals surface area contributed by atoms with Crippen molar-refractivity contribution in [3.8, 4) is 5.75 Å². The number of carbonyl (C=O) groups is 1. The number of hydrogen-bond acceptors (Lipinski definition) is 2. The fraction of sp³-hybridized carbons (Fsp3) is 0.188. The van der Waals surface area contributed by atoms with Gasteiger partial charge in [-0.2, -0.15) is 0 Å². The number of ether oxygens (including phenoxy) is 1. The van der Waals surface area contributed by atoms with Crippen LogP contribution in [-0.2, 0) is 17.6 Å². The molecule has 102 valence electrons. The summed E-state index contributed by atoms with van der Waals surface area (Å²) in [6, 6.07) is 13.0. The Morgan fingerprint density at radius 1 is 1.25 bits per heavy atom. The van der Waals surface area contributed by atoms with E-state index in [9.17, 15) is 4.79 Å². The van der Waals surface area contributed by atoms with Crippen LogP contribution in [0.3, 0.4) is 0 Å². The molecule has 20 heavy (non-hydrogen) atoms. The maximum Gasteiger partial charge on any atom is 0.228 e. The first-order valence-corrected chi connectivity index (χ1v) is 6.88. The minimum absolute atomic E-state index is 0.0499. The van der Waals surface area contributed by atoms with Crippen LogP contribution in [0, 0.1) is 0 Å². The Balaban J connectivity index is 1.67. The number of carbonyl (C=O) groups excluding carboxylic acids is 1. The Morgan fingerprint density at radius 3 is 3.00 bits per heavy atom. The third kappa shape index (κ3) is 2.94. The number of anilines is 1. The number of amides is 1. The highest BCUT2D eigenvalue weighted by atomic mass is 35.5. The Bertz CT molecular complexity index is 655. The average Bonchev–Trinajstić information content (AvgIpc) is 2.86. The average molecular weight is 288 g/mol. The van der Waals surface area contributed by atoms with Crippen LogP contribution < -0.4 is 10.1 Å². The molecule has 2 aromatic rings. The van der Waals surface area contributed by atoms with E-state index >= 15 is 0 Å². The Labute approximate surface area is 122 Å². The van der Waals surface area contributed by atoms with Crippen LogP contribution in [0.5, 0.6) is 5.75 Å². The molecule has 3 nitrogen and oxygen atoms in total. The lowest BCUT2D eigenvalue weighted by molar-refractivity contribution is -0.115. The second-order valence-electron chi connectivity index (χ2n) is 4.78. The number of halogens is 1. The molecule has 1 aliphatic rings. The van der Waals surface area contributed by atoms with Gasteiger partial charge < -0.3 is 10.1 Å². The van der Waals surface area contributed by atoms with E-state index in [-0.39, 0.29) is 5.91 Å². The molecule has 0 unspecified atom stereocenters. The van der Waals surface area contributed by atoms with Crippen LogP contribution in [0.25, 0.3) is 0 Å². The lowest BCUT2D eigenvalue weighted by atomic mass is 10.1. The van der Waals surface area contributed by atoms with Gasteiger partial charge in [-0.25, -0.2) is 0 Å². The van der Waals surface area contributed by atoms with Crippen LogP contribution in [0.15, 0.2) is 42.5 Å². The van der Waals surface area contributed by atoms with Gasteiger partial charge in [0.2, 0.25) is 5.91 Å². The van der Waals surface area contributed by atoms with E-state index in [4.69, 9.17) is 16.3 Å². The summed E-state index contributed by atoms with van der Waals surface area (Å²) in [5.74, 6) is 0.884. The van der Waals surface area contributed by atoms with Crippen molar-refractivity contribution in [2.75, 3.05) is 11.9 Å². The lowest BCUT2D eigenvalue weighted by Gasteiger charge is -2.07. The maximum absolute atomic E-state index is 12.0. The molecular weight excluding hydrogens is 274 g/mol. The van der Waals surface area contributed by atoms with Gasteiger partial charge >= 0.3 is 0 Å². The Kier molecular flexibility index (Phi) is 3.61. The van der Waals surface area contributed by atoms with E-state index < -0.39 is 0 Å². The van der Waals surface area contributed by atoms with Gasteiger partial charge in [-0.15, -0.1) is 0 Å². The summed E-state index contributed by atoms with van der Waals surface area (Å²) in [4.78, 5) is 12.0. The van der Waals surface area contributed by atoms with Crippen molar-refractivity contribution in [1.82, 2.24) is 0 Å². The number of fused-ring (bicyclic) bond motifs is 1. The molecule has 0 saturated carbocycles. The van der Waals surface area contributed by atoms with E-state index in [1.54, 1.807) is 12.1 Å². The number of nitrogens with one attached hydrogen (secondary N) is 1. The molecule has 0 aliphatic carbocycles. The summed E-state index contributed by atoms with van der Waals surface area (Å²) in [6.07, 6.45) is 1.26. The standard InChI is InChI=1S/C16H14ClNO2/c17-13-2-1-3-14(10-13)18-16(19)9-11-4-5-15-12(8-11)6-7-20-15/h1-5,8,10H,6-7,9H2,(H,18,19).